The monoisotopic (exact) mass is 314 g/mol. The molecule has 0 aromatic heterocycles. The summed E-state index contributed by atoms with van der Waals surface area (Å²) in [6.07, 6.45) is -0.769. The van der Waals surface area contributed by atoms with E-state index in [4.69, 9.17) is 9.47 Å². The van der Waals surface area contributed by atoms with Crippen molar-refractivity contribution in [2.24, 2.45) is 5.10 Å². The van der Waals surface area contributed by atoms with E-state index >= 15 is 0 Å². The third-order valence-electron chi connectivity index (χ3n) is 3.40. The second kappa shape index (κ2) is 6.48. The Morgan fingerprint density at radius 2 is 1.87 bits per heavy atom. The first-order valence-electron chi connectivity index (χ1n) is 7.12. The maximum absolute atomic E-state index is 12.9. The van der Waals surface area contributed by atoms with E-state index in [9.17, 15) is 9.18 Å². The van der Waals surface area contributed by atoms with Crippen LogP contribution in [0.5, 0.6) is 11.5 Å². The normalized spacial score (nSPS) is 16.8. The highest BCUT2D eigenvalue weighted by molar-refractivity contribution is 5.99. The molecular weight excluding hydrogens is 299 g/mol. The Bertz CT molecular complexity index is 744. The highest BCUT2D eigenvalue weighted by Gasteiger charge is 2.27. The minimum absolute atomic E-state index is 0.119. The van der Waals surface area contributed by atoms with E-state index in [0.717, 1.165) is 5.56 Å². The Morgan fingerprint density at radius 1 is 1.17 bits per heavy atom. The largest absolute Gasteiger partial charge is 0.485 e. The Kier molecular flexibility index (Phi) is 4.23. The molecule has 0 radical (unpaired) electrons. The number of fused-ring (bicyclic) bond motifs is 1. The van der Waals surface area contributed by atoms with Crippen molar-refractivity contribution >= 4 is 11.6 Å². The molecule has 0 saturated heterocycles. The van der Waals surface area contributed by atoms with Gasteiger partial charge in [0.1, 0.15) is 12.4 Å². The first-order chi connectivity index (χ1) is 11.1. The van der Waals surface area contributed by atoms with Crippen molar-refractivity contribution in [3.8, 4) is 11.5 Å². The topological polar surface area (TPSA) is 59.9 Å². The number of halogens is 1. The number of carbonyl (C=O) groups excluding carboxylic acids is 1. The molecule has 118 valence electrons. The molecule has 0 bridgehead atoms. The molecule has 1 atom stereocenters. The van der Waals surface area contributed by atoms with Gasteiger partial charge in [-0.3, -0.25) is 4.79 Å². The molecule has 1 aliphatic heterocycles. The van der Waals surface area contributed by atoms with Crippen LogP contribution in [0, 0.1) is 5.82 Å². The van der Waals surface area contributed by atoms with Crippen molar-refractivity contribution in [1.29, 1.82) is 0 Å². The van der Waals surface area contributed by atoms with Gasteiger partial charge in [-0.05, 0) is 36.8 Å². The fourth-order valence-electron chi connectivity index (χ4n) is 2.12. The summed E-state index contributed by atoms with van der Waals surface area (Å²) in [6.45, 7) is 1.84. The summed E-state index contributed by atoms with van der Waals surface area (Å²) in [5.41, 5.74) is 3.73. The Morgan fingerprint density at radius 3 is 2.61 bits per heavy atom. The van der Waals surface area contributed by atoms with Gasteiger partial charge in [0.05, 0.1) is 5.71 Å². The molecule has 2 aromatic rings. The summed E-state index contributed by atoms with van der Waals surface area (Å²) in [5.74, 6) is 0.415. The average molecular weight is 314 g/mol. The molecule has 1 N–H and O–H groups in total. The van der Waals surface area contributed by atoms with Crippen LogP contribution in [0.15, 0.2) is 53.6 Å². The Hall–Kier alpha value is -2.89. The zero-order chi connectivity index (χ0) is 16.2. The molecule has 0 aliphatic carbocycles. The SMILES string of the molecule is C/C(=N/NC(=O)[C@H]1COc2ccccc2O1)c1ccc(F)cc1. The van der Waals surface area contributed by atoms with Crippen molar-refractivity contribution in [3.05, 3.63) is 59.9 Å². The van der Waals surface area contributed by atoms with E-state index in [0.29, 0.717) is 17.2 Å². The molecular formula is C17H15FN2O3. The van der Waals surface area contributed by atoms with Gasteiger partial charge in [-0.25, -0.2) is 9.82 Å². The number of benzene rings is 2. The van der Waals surface area contributed by atoms with Gasteiger partial charge in [0.25, 0.3) is 5.91 Å². The van der Waals surface area contributed by atoms with Gasteiger partial charge in [0.2, 0.25) is 6.10 Å². The summed E-state index contributed by atoms with van der Waals surface area (Å²) in [7, 11) is 0. The summed E-state index contributed by atoms with van der Waals surface area (Å²) >= 11 is 0. The fourth-order valence-corrected chi connectivity index (χ4v) is 2.12. The first-order valence-corrected chi connectivity index (χ1v) is 7.12. The molecule has 0 fully saturated rings. The van der Waals surface area contributed by atoms with Crippen LogP contribution < -0.4 is 14.9 Å². The van der Waals surface area contributed by atoms with Crippen LogP contribution in [-0.4, -0.2) is 24.3 Å². The Labute approximate surface area is 132 Å². The number of hydrogen-bond acceptors (Lipinski definition) is 4. The lowest BCUT2D eigenvalue weighted by molar-refractivity contribution is -0.130. The molecule has 0 saturated carbocycles. The molecule has 0 spiro atoms. The number of hydrogen-bond donors (Lipinski definition) is 1. The lowest BCUT2D eigenvalue weighted by atomic mass is 10.1. The van der Waals surface area contributed by atoms with Gasteiger partial charge in [0.15, 0.2) is 11.5 Å². The molecule has 5 nitrogen and oxygen atoms in total. The summed E-state index contributed by atoms with van der Waals surface area (Å²) < 4.78 is 24.0. The zero-order valence-electron chi connectivity index (χ0n) is 12.5. The van der Waals surface area contributed by atoms with Gasteiger partial charge in [-0.1, -0.05) is 24.3 Å². The van der Waals surface area contributed by atoms with Crippen LogP contribution in [0.1, 0.15) is 12.5 Å². The minimum atomic E-state index is -0.769. The molecule has 2 aromatic carbocycles. The zero-order valence-corrected chi connectivity index (χ0v) is 12.5. The number of nitrogens with zero attached hydrogens (tertiary/aromatic N) is 1. The number of hydrazone groups is 1. The van der Waals surface area contributed by atoms with E-state index in [1.54, 1.807) is 37.3 Å². The van der Waals surface area contributed by atoms with E-state index in [2.05, 4.69) is 10.5 Å². The third kappa shape index (κ3) is 3.48. The maximum atomic E-state index is 12.9. The number of carbonyl (C=O) groups is 1. The molecule has 1 amide bonds. The van der Waals surface area contributed by atoms with Crippen molar-refractivity contribution in [3.63, 3.8) is 0 Å². The van der Waals surface area contributed by atoms with Crippen LogP contribution in [0.2, 0.25) is 0 Å². The molecule has 6 heteroatoms. The fraction of sp³-hybridized carbons (Fsp3) is 0.176. The number of ether oxygens (including phenoxy) is 2. The predicted molar refractivity (Wildman–Crippen MR) is 83.1 cm³/mol. The smallest absolute Gasteiger partial charge is 0.284 e. The Balaban J connectivity index is 1.63. The highest BCUT2D eigenvalue weighted by Crippen LogP contribution is 2.30. The highest BCUT2D eigenvalue weighted by atomic mass is 19.1. The summed E-state index contributed by atoms with van der Waals surface area (Å²) in [6, 6.07) is 13.0. The van der Waals surface area contributed by atoms with Crippen LogP contribution >= 0.6 is 0 Å². The minimum Gasteiger partial charge on any atom is -0.485 e. The van der Waals surface area contributed by atoms with Crippen molar-refractivity contribution in [2.75, 3.05) is 6.61 Å². The summed E-state index contributed by atoms with van der Waals surface area (Å²) in [4.78, 5) is 12.1. The molecule has 23 heavy (non-hydrogen) atoms. The van der Waals surface area contributed by atoms with Gasteiger partial charge >= 0.3 is 0 Å². The maximum Gasteiger partial charge on any atom is 0.284 e. The number of rotatable bonds is 3. The second-order valence-corrected chi connectivity index (χ2v) is 5.04. The summed E-state index contributed by atoms with van der Waals surface area (Å²) in [5, 5.41) is 4.01. The number of para-hydroxylation sites is 2. The van der Waals surface area contributed by atoms with Gasteiger partial charge in [0, 0.05) is 0 Å². The van der Waals surface area contributed by atoms with Crippen molar-refractivity contribution in [1.82, 2.24) is 5.43 Å². The van der Waals surface area contributed by atoms with Crippen molar-refractivity contribution < 1.29 is 18.7 Å². The van der Waals surface area contributed by atoms with Gasteiger partial charge in [-0.2, -0.15) is 5.10 Å². The predicted octanol–water partition coefficient (Wildman–Crippen LogP) is 2.51. The number of nitrogens with one attached hydrogen (secondary N) is 1. The van der Waals surface area contributed by atoms with Gasteiger partial charge in [-0.15, -0.1) is 0 Å². The number of amides is 1. The molecule has 1 aliphatic rings. The quantitative estimate of drug-likeness (QED) is 0.699. The van der Waals surface area contributed by atoms with E-state index in [-0.39, 0.29) is 12.4 Å². The molecule has 3 rings (SSSR count). The molecule has 1 heterocycles. The van der Waals surface area contributed by atoms with Crippen LogP contribution in [0.4, 0.5) is 4.39 Å². The van der Waals surface area contributed by atoms with Gasteiger partial charge < -0.3 is 9.47 Å². The lowest BCUT2D eigenvalue weighted by Gasteiger charge is -2.24. The van der Waals surface area contributed by atoms with E-state index in [1.165, 1.54) is 12.1 Å². The second-order valence-electron chi connectivity index (χ2n) is 5.04. The third-order valence-corrected chi connectivity index (χ3v) is 3.40. The standard InChI is InChI=1S/C17H15FN2O3/c1-11(12-6-8-13(18)9-7-12)19-20-17(21)16-10-22-14-4-2-3-5-15(14)23-16/h2-9,16H,10H2,1H3,(H,20,21)/b19-11-/t16-/m1/s1. The van der Waals surface area contributed by atoms with Crippen LogP contribution in [0.25, 0.3) is 0 Å². The lowest BCUT2D eigenvalue weighted by Crippen LogP contribution is -2.42. The first kappa shape index (κ1) is 15.0. The molecule has 0 unspecified atom stereocenters. The van der Waals surface area contributed by atoms with E-state index in [1.807, 2.05) is 6.07 Å². The van der Waals surface area contributed by atoms with E-state index < -0.39 is 12.0 Å². The van der Waals surface area contributed by atoms with Crippen LogP contribution in [-0.2, 0) is 4.79 Å². The average Bonchev–Trinajstić information content (AvgIpc) is 2.59. The van der Waals surface area contributed by atoms with Crippen LogP contribution in [0.3, 0.4) is 0 Å². The van der Waals surface area contributed by atoms with Crippen molar-refractivity contribution in [2.45, 2.75) is 13.0 Å².